The Morgan fingerprint density at radius 1 is 0.667 bits per heavy atom. The van der Waals surface area contributed by atoms with Crippen LogP contribution in [0.15, 0.2) is 146 Å². The Kier molecular flexibility index (Phi) is 7.60. The van der Waals surface area contributed by atoms with Crippen molar-refractivity contribution in [2.45, 2.75) is 25.1 Å². The molecule has 5 aromatic carbocycles. The number of hydrogen-bond acceptors (Lipinski definition) is 3. The molecule has 1 aliphatic rings. The zero-order valence-corrected chi connectivity index (χ0v) is 24.0. The van der Waals surface area contributed by atoms with Crippen LogP contribution in [0.2, 0.25) is 0 Å². The Labute approximate surface area is 246 Å². The number of likely N-dealkylation sites (tertiary alicyclic amines) is 1. The van der Waals surface area contributed by atoms with Crippen LogP contribution in [0.3, 0.4) is 0 Å². The smallest absolute Gasteiger partial charge is 0.326 e. The molecule has 208 valence electrons. The second kappa shape index (κ2) is 11.6. The van der Waals surface area contributed by atoms with Crippen LogP contribution in [-0.4, -0.2) is 34.0 Å². The van der Waals surface area contributed by atoms with E-state index in [1.54, 1.807) is 12.1 Å². The summed E-state index contributed by atoms with van der Waals surface area (Å²) in [7, 11) is -2.28. The lowest BCUT2D eigenvalue weighted by molar-refractivity contribution is -0.175. The number of hydrogen-bond donors (Lipinski definition) is 1. The van der Waals surface area contributed by atoms with Crippen molar-refractivity contribution in [1.82, 2.24) is 4.90 Å². The number of nitrogens with zero attached hydrogens (tertiary/aromatic N) is 1. The van der Waals surface area contributed by atoms with Gasteiger partial charge < -0.3 is 14.7 Å². The van der Waals surface area contributed by atoms with E-state index in [1.165, 1.54) is 33.0 Å². The number of β-lactam (4-membered cyclic amide) rings is 1. The van der Waals surface area contributed by atoms with E-state index in [0.717, 1.165) is 5.56 Å². The molecule has 1 fully saturated rings. The maximum Gasteiger partial charge on any atom is 0.326 e. The van der Waals surface area contributed by atoms with Crippen LogP contribution in [0, 0.1) is 0 Å². The quantitative estimate of drug-likeness (QED) is 0.197. The highest BCUT2D eigenvalue weighted by molar-refractivity contribution is 8.01. The number of carboxylic acid groups (broad SMARTS) is 1. The van der Waals surface area contributed by atoms with Gasteiger partial charge in [0.15, 0.2) is 0 Å². The highest BCUT2D eigenvalue weighted by Crippen LogP contribution is 2.54. The molecule has 1 amide bonds. The molecule has 0 aliphatic carbocycles. The summed E-state index contributed by atoms with van der Waals surface area (Å²) in [4.78, 5) is 26.6. The van der Waals surface area contributed by atoms with Crippen molar-refractivity contribution in [1.29, 1.82) is 0 Å². The number of aliphatic carboxylic acids is 1. The van der Waals surface area contributed by atoms with Gasteiger partial charge >= 0.3 is 5.97 Å². The molecule has 3 atom stereocenters. The van der Waals surface area contributed by atoms with Crippen molar-refractivity contribution >= 4 is 40.4 Å². The van der Waals surface area contributed by atoms with Gasteiger partial charge in [-0.15, -0.1) is 0 Å². The lowest BCUT2D eigenvalue weighted by atomic mass is 9.88. The van der Waals surface area contributed by atoms with Crippen LogP contribution in [-0.2, 0) is 9.59 Å². The third kappa shape index (κ3) is 4.76. The van der Waals surface area contributed by atoms with Crippen LogP contribution >= 0.6 is 7.26 Å². The minimum absolute atomic E-state index is 0.331. The molecule has 0 radical (unpaired) electrons. The van der Waals surface area contributed by atoms with Gasteiger partial charge in [-0.1, -0.05) is 84.9 Å². The normalized spacial score (nSPS) is 17.3. The zero-order chi connectivity index (χ0) is 29.1. The van der Waals surface area contributed by atoms with Crippen LogP contribution in [0.1, 0.15) is 18.5 Å². The average Bonchev–Trinajstić information content (AvgIpc) is 3.05. The summed E-state index contributed by atoms with van der Waals surface area (Å²) >= 11 is 0. The molecule has 5 aromatic rings. The number of benzene rings is 5. The molecule has 1 N–H and O–H groups in total. The highest BCUT2D eigenvalue weighted by Gasteiger charge is 2.54. The van der Waals surface area contributed by atoms with Gasteiger partial charge in [0.2, 0.25) is 6.10 Å². The maximum atomic E-state index is 13.2. The van der Waals surface area contributed by atoms with Gasteiger partial charge in [-0.3, -0.25) is 4.79 Å². The molecule has 0 aromatic heterocycles. The predicted molar refractivity (Wildman–Crippen MR) is 169 cm³/mol. The molecule has 42 heavy (non-hydrogen) atoms. The number of rotatable bonds is 9. The molecule has 5 nitrogen and oxygen atoms in total. The fourth-order valence-corrected chi connectivity index (χ4v) is 10.1. The molecule has 2 unspecified atom stereocenters. The van der Waals surface area contributed by atoms with Gasteiger partial charge in [0, 0.05) is 0 Å². The molecule has 0 saturated carbocycles. The van der Waals surface area contributed by atoms with Crippen LogP contribution in [0.25, 0.3) is 0 Å². The van der Waals surface area contributed by atoms with Gasteiger partial charge in [0.05, 0.1) is 0 Å². The van der Waals surface area contributed by atoms with Crippen molar-refractivity contribution < 1.29 is 19.4 Å². The van der Waals surface area contributed by atoms with E-state index in [4.69, 9.17) is 4.74 Å². The summed E-state index contributed by atoms with van der Waals surface area (Å²) in [6, 6.07) is 47.8. The van der Waals surface area contributed by atoms with Crippen molar-refractivity contribution in [2.75, 3.05) is 0 Å². The number of carbonyl (C=O) groups is 2. The third-order valence-electron chi connectivity index (χ3n) is 7.92. The van der Waals surface area contributed by atoms with Crippen molar-refractivity contribution in [3.05, 3.63) is 151 Å². The first kappa shape index (κ1) is 27.4. The van der Waals surface area contributed by atoms with E-state index in [1.807, 2.05) is 48.5 Å². The monoisotopic (exact) mass is 572 g/mol. The largest absolute Gasteiger partial charge is 0.480 e. The third-order valence-corrected chi connectivity index (χ3v) is 12.2. The molecular formula is C36H31NO4P+. The predicted octanol–water partition coefficient (Wildman–Crippen LogP) is 5.11. The summed E-state index contributed by atoms with van der Waals surface area (Å²) in [5.74, 6) is -0.810. The first-order chi connectivity index (χ1) is 20.5. The molecule has 0 bridgehead atoms. The number of ether oxygens (including phenoxy) is 1. The Morgan fingerprint density at radius 2 is 1.07 bits per heavy atom. The lowest BCUT2D eigenvalue weighted by Crippen LogP contribution is -2.65. The van der Waals surface area contributed by atoms with E-state index in [2.05, 4.69) is 84.9 Å². The van der Waals surface area contributed by atoms with Crippen LogP contribution < -0.4 is 26.0 Å². The van der Waals surface area contributed by atoms with E-state index < -0.39 is 31.4 Å². The summed E-state index contributed by atoms with van der Waals surface area (Å²) in [6.07, 6.45) is -0.808. The second-order valence-corrected chi connectivity index (χ2v) is 13.7. The molecule has 1 heterocycles. The standard InChI is InChI=1S/C36H30NO4P/c1-26(36(39)40)37-33(34(35(37)38)41-28-14-6-2-7-15-28)27-22-24-32(25-23-27)42(29-16-8-3-9-17-29,30-18-10-4-11-19-30)31-20-12-5-13-21-31/h2-26,33-34H,1H3/p+1/t26-,33?,34?/m0/s1. The van der Waals surface area contributed by atoms with Gasteiger partial charge in [-0.25, -0.2) is 4.79 Å². The Balaban J connectivity index is 1.47. The molecule has 0 spiro atoms. The summed E-state index contributed by atoms with van der Waals surface area (Å²) in [5, 5.41) is 14.6. The van der Waals surface area contributed by atoms with E-state index in [-0.39, 0.29) is 5.91 Å². The fraction of sp³-hybridized carbons (Fsp3) is 0.111. The molecule has 1 aliphatic heterocycles. The molecular weight excluding hydrogens is 541 g/mol. The van der Waals surface area contributed by atoms with Crippen LogP contribution in [0.5, 0.6) is 5.75 Å². The Morgan fingerprint density at radius 3 is 1.50 bits per heavy atom. The van der Waals surface area contributed by atoms with Crippen LogP contribution in [0.4, 0.5) is 0 Å². The van der Waals surface area contributed by atoms with E-state index in [0.29, 0.717) is 5.75 Å². The number of amides is 1. The van der Waals surface area contributed by atoms with Gasteiger partial charge in [-0.05, 0) is 73.2 Å². The summed E-state index contributed by atoms with van der Waals surface area (Å²) in [5.41, 5.74) is 0.833. The van der Waals surface area contributed by atoms with Crippen molar-refractivity contribution in [3.63, 3.8) is 0 Å². The van der Waals surface area contributed by atoms with Gasteiger partial charge in [0.25, 0.3) is 5.91 Å². The van der Waals surface area contributed by atoms with Crippen molar-refractivity contribution in [2.24, 2.45) is 0 Å². The van der Waals surface area contributed by atoms with Gasteiger partial charge in [-0.2, -0.15) is 0 Å². The average molecular weight is 573 g/mol. The first-order valence-corrected chi connectivity index (χ1v) is 15.7. The summed E-state index contributed by atoms with van der Waals surface area (Å²) in [6.45, 7) is 1.54. The van der Waals surface area contributed by atoms with E-state index in [9.17, 15) is 14.7 Å². The summed E-state index contributed by atoms with van der Waals surface area (Å²) < 4.78 is 6.12. The highest BCUT2D eigenvalue weighted by atomic mass is 31.2. The minimum Gasteiger partial charge on any atom is -0.480 e. The zero-order valence-electron chi connectivity index (χ0n) is 23.2. The van der Waals surface area contributed by atoms with Crippen molar-refractivity contribution in [3.8, 4) is 5.75 Å². The van der Waals surface area contributed by atoms with E-state index >= 15 is 0 Å². The number of para-hydroxylation sites is 1. The SMILES string of the molecule is C[C@@H](C(=O)O)N1C(=O)C(Oc2ccccc2)C1c1ccc([P+](c2ccccc2)(c2ccccc2)c2ccccc2)cc1. The Hall–Kier alpha value is -4.73. The molecule has 1 saturated heterocycles. The first-order valence-electron chi connectivity index (χ1n) is 13.9. The van der Waals surface area contributed by atoms with Gasteiger partial charge in [0.1, 0.15) is 46.3 Å². The second-order valence-electron chi connectivity index (χ2n) is 10.3. The maximum absolute atomic E-state index is 13.2. The topological polar surface area (TPSA) is 66.8 Å². The minimum atomic E-state index is -2.28. The number of carbonyl (C=O) groups excluding carboxylic acids is 1. The fourth-order valence-electron chi connectivity index (χ4n) is 5.87. The molecule has 6 heteroatoms. The lowest BCUT2D eigenvalue weighted by Gasteiger charge is -2.48. The number of carboxylic acids is 1. The Bertz CT molecular complexity index is 1570. The molecule has 6 rings (SSSR count).